The van der Waals surface area contributed by atoms with Crippen LogP contribution in [0.5, 0.6) is 5.75 Å². The fourth-order valence-corrected chi connectivity index (χ4v) is 2.42. The highest BCUT2D eigenvalue weighted by Gasteiger charge is 2.20. The van der Waals surface area contributed by atoms with Crippen molar-refractivity contribution >= 4 is 11.6 Å². The largest absolute Gasteiger partial charge is 0.494 e. The molecule has 5 heteroatoms. The molecule has 108 valence electrons. The van der Waals surface area contributed by atoms with Gasteiger partial charge in [0.15, 0.2) is 0 Å². The van der Waals surface area contributed by atoms with Crippen LogP contribution in [0.1, 0.15) is 44.1 Å². The second-order valence-electron chi connectivity index (χ2n) is 4.90. The zero-order valence-corrected chi connectivity index (χ0v) is 12.8. The van der Waals surface area contributed by atoms with Gasteiger partial charge in [0.05, 0.1) is 29.6 Å². The van der Waals surface area contributed by atoms with Gasteiger partial charge in [0.2, 0.25) is 0 Å². The van der Waals surface area contributed by atoms with Gasteiger partial charge in [0, 0.05) is 6.04 Å². The number of nitrogens with two attached hydrogens (primary N) is 1. The normalized spacial score (nSPS) is 12.7. The third-order valence-corrected chi connectivity index (χ3v) is 3.39. The predicted octanol–water partition coefficient (Wildman–Crippen LogP) is 3.56. The van der Waals surface area contributed by atoms with Crippen LogP contribution in [0, 0.1) is 0 Å². The van der Waals surface area contributed by atoms with E-state index < -0.39 is 0 Å². The summed E-state index contributed by atoms with van der Waals surface area (Å²) in [6.07, 6.45) is 1.64. The summed E-state index contributed by atoms with van der Waals surface area (Å²) in [6.45, 7) is 6.69. The van der Waals surface area contributed by atoms with Gasteiger partial charge >= 0.3 is 0 Å². The molecule has 0 bridgehead atoms. The van der Waals surface area contributed by atoms with Gasteiger partial charge < -0.3 is 10.5 Å². The second kappa shape index (κ2) is 6.29. The summed E-state index contributed by atoms with van der Waals surface area (Å²) in [6, 6.07) is 7.65. The molecule has 0 saturated carbocycles. The Morgan fingerprint density at radius 2 is 2.15 bits per heavy atom. The van der Waals surface area contributed by atoms with E-state index in [0.717, 1.165) is 17.0 Å². The van der Waals surface area contributed by atoms with Gasteiger partial charge in [-0.1, -0.05) is 23.7 Å². The lowest BCUT2D eigenvalue weighted by Gasteiger charge is -2.18. The fourth-order valence-electron chi connectivity index (χ4n) is 2.18. The number of hydrogen-bond acceptors (Lipinski definition) is 3. The molecule has 4 nitrogen and oxygen atoms in total. The zero-order valence-electron chi connectivity index (χ0n) is 12.0. The molecule has 2 rings (SSSR count). The van der Waals surface area contributed by atoms with Crippen LogP contribution in [-0.4, -0.2) is 16.4 Å². The Morgan fingerprint density at radius 1 is 1.40 bits per heavy atom. The van der Waals surface area contributed by atoms with E-state index in [1.807, 2.05) is 35.9 Å². The van der Waals surface area contributed by atoms with Crippen LogP contribution in [0.4, 0.5) is 0 Å². The van der Waals surface area contributed by atoms with E-state index in [-0.39, 0.29) is 12.1 Å². The third-order valence-electron chi connectivity index (χ3n) is 3.10. The van der Waals surface area contributed by atoms with Crippen LogP contribution < -0.4 is 10.5 Å². The summed E-state index contributed by atoms with van der Waals surface area (Å²) in [5.41, 5.74) is 8.15. The molecule has 0 aliphatic heterocycles. The molecule has 20 heavy (non-hydrogen) atoms. The van der Waals surface area contributed by atoms with Gasteiger partial charge in [0.25, 0.3) is 0 Å². The molecule has 2 aromatic rings. The minimum atomic E-state index is -0.326. The minimum Gasteiger partial charge on any atom is -0.494 e. The SMILES string of the molecule is CCOc1cccc(C(N)c2c(Cl)cnn2C(C)C)c1. The number of halogens is 1. The van der Waals surface area contributed by atoms with Crippen molar-refractivity contribution in [2.24, 2.45) is 5.73 Å². The maximum atomic E-state index is 6.36. The average Bonchev–Trinajstić information content (AvgIpc) is 2.81. The molecule has 0 aliphatic rings. The zero-order chi connectivity index (χ0) is 14.7. The average molecular weight is 294 g/mol. The quantitative estimate of drug-likeness (QED) is 0.917. The van der Waals surface area contributed by atoms with Gasteiger partial charge in [0.1, 0.15) is 5.75 Å². The number of rotatable bonds is 5. The number of aromatic nitrogens is 2. The van der Waals surface area contributed by atoms with Crippen molar-refractivity contribution in [3.8, 4) is 5.75 Å². The molecular weight excluding hydrogens is 274 g/mol. The van der Waals surface area contributed by atoms with E-state index in [2.05, 4.69) is 18.9 Å². The monoisotopic (exact) mass is 293 g/mol. The molecule has 1 aromatic heterocycles. The minimum absolute atomic E-state index is 0.207. The summed E-state index contributed by atoms with van der Waals surface area (Å²) < 4.78 is 7.37. The highest BCUT2D eigenvalue weighted by Crippen LogP contribution is 2.29. The highest BCUT2D eigenvalue weighted by molar-refractivity contribution is 6.31. The Balaban J connectivity index is 2.38. The number of ether oxygens (including phenoxy) is 1. The van der Waals surface area contributed by atoms with E-state index in [1.54, 1.807) is 6.20 Å². The van der Waals surface area contributed by atoms with Gasteiger partial charge in [-0.3, -0.25) is 4.68 Å². The van der Waals surface area contributed by atoms with Crippen molar-refractivity contribution in [3.63, 3.8) is 0 Å². The first-order valence-electron chi connectivity index (χ1n) is 6.75. The lowest BCUT2D eigenvalue weighted by atomic mass is 10.0. The third kappa shape index (κ3) is 2.97. The Morgan fingerprint density at radius 3 is 2.80 bits per heavy atom. The van der Waals surface area contributed by atoms with Crippen molar-refractivity contribution in [2.75, 3.05) is 6.61 Å². The maximum absolute atomic E-state index is 6.36. The van der Waals surface area contributed by atoms with Gasteiger partial charge in [-0.25, -0.2) is 0 Å². The Kier molecular flexibility index (Phi) is 4.68. The van der Waals surface area contributed by atoms with Crippen molar-refractivity contribution < 1.29 is 4.74 Å². The van der Waals surface area contributed by atoms with Crippen molar-refractivity contribution in [1.82, 2.24) is 9.78 Å². The van der Waals surface area contributed by atoms with E-state index in [9.17, 15) is 0 Å². The Hall–Kier alpha value is -1.52. The van der Waals surface area contributed by atoms with Gasteiger partial charge in [-0.15, -0.1) is 0 Å². The fraction of sp³-hybridized carbons (Fsp3) is 0.400. The summed E-state index contributed by atoms with van der Waals surface area (Å²) in [7, 11) is 0. The first-order chi connectivity index (χ1) is 9.54. The molecule has 0 amide bonds. The number of benzene rings is 1. The van der Waals surface area contributed by atoms with Gasteiger partial charge in [-0.2, -0.15) is 5.10 Å². The van der Waals surface area contributed by atoms with Crippen LogP contribution in [0.25, 0.3) is 0 Å². The van der Waals surface area contributed by atoms with Crippen molar-refractivity contribution in [3.05, 3.63) is 46.7 Å². The molecule has 2 N–H and O–H groups in total. The molecule has 1 unspecified atom stereocenters. The molecule has 0 saturated heterocycles. The molecule has 0 spiro atoms. The maximum Gasteiger partial charge on any atom is 0.119 e. The Labute approximate surface area is 124 Å². The predicted molar refractivity (Wildman–Crippen MR) is 81.3 cm³/mol. The number of nitrogens with zero attached hydrogens (tertiary/aromatic N) is 2. The van der Waals surface area contributed by atoms with Crippen LogP contribution >= 0.6 is 11.6 Å². The first kappa shape index (κ1) is 14.9. The smallest absolute Gasteiger partial charge is 0.119 e. The molecule has 0 fully saturated rings. The molecule has 1 heterocycles. The summed E-state index contributed by atoms with van der Waals surface area (Å²) in [5, 5.41) is 4.88. The van der Waals surface area contributed by atoms with Gasteiger partial charge in [-0.05, 0) is 38.5 Å². The first-order valence-corrected chi connectivity index (χ1v) is 7.13. The molecule has 0 aliphatic carbocycles. The number of hydrogen-bond donors (Lipinski definition) is 1. The standard InChI is InChI=1S/C15H20ClN3O/c1-4-20-12-7-5-6-11(8-12)14(17)15-13(16)9-18-19(15)10(2)3/h5-10,14H,4,17H2,1-3H3. The summed E-state index contributed by atoms with van der Waals surface area (Å²) in [5.74, 6) is 0.812. The second-order valence-corrected chi connectivity index (χ2v) is 5.31. The molecule has 1 atom stereocenters. The van der Waals surface area contributed by atoms with Crippen LogP contribution in [0.3, 0.4) is 0 Å². The van der Waals surface area contributed by atoms with E-state index in [4.69, 9.17) is 22.1 Å². The molecule has 1 aromatic carbocycles. The van der Waals surface area contributed by atoms with Crippen LogP contribution in [0.2, 0.25) is 5.02 Å². The van der Waals surface area contributed by atoms with E-state index in [0.29, 0.717) is 11.6 Å². The lowest BCUT2D eigenvalue weighted by Crippen LogP contribution is -2.19. The van der Waals surface area contributed by atoms with E-state index >= 15 is 0 Å². The molecular formula is C15H20ClN3O. The molecule has 0 radical (unpaired) electrons. The highest BCUT2D eigenvalue weighted by atomic mass is 35.5. The Bertz CT molecular complexity index is 580. The van der Waals surface area contributed by atoms with Crippen molar-refractivity contribution in [2.45, 2.75) is 32.9 Å². The van der Waals surface area contributed by atoms with Crippen LogP contribution in [-0.2, 0) is 0 Å². The summed E-state index contributed by atoms with van der Waals surface area (Å²) >= 11 is 6.24. The van der Waals surface area contributed by atoms with Crippen LogP contribution in [0.15, 0.2) is 30.5 Å². The summed E-state index contributed by atoms with van der Waals surface area (Å²) in [4.78, 5) is 0. The lowest BCUT2D eigenvalue weighted by molar-refractivity contribution is 0.339. The van der Waals surface area contributed by atoms with E-state index in [1.165, 1.54) is 0 Å². The topological polar surface area (TPSA) is 53.1 Å². The van der Waals surface area contributed by atoms with Crippen molar-refractivity contribution in [1.29, 1.82) is 0 Å².